The van der Waals surface area contributed by atoms with Crippen LogP contribution in [0.5, 0.6) is 0 Å². The van der Waals surface area contributed by atoms with E-state index in [2.05, 4.69) is 11.9 Å². The minimum atomic E-state index is -0.281. The van der Waals surface area contributed by atoms with Gasteiger partial charge in [-0.05, 0) is 18.7 Å². The highest BCUT2D eigenvalue weighted by molar-refractivity contribution is 6.31. The Bertz CT molecular complexity index is 372. The maximum Gasteiger partial charge on any atom is 0.0833 e. The summed E-state index contributed by atoms with van der Waals surface area (Å²) in [4.78, 5) is 2.23. The Morgan fingerprint density at radius 1 is 1.50 bits per heavy atom. The van der Waals surface area contributed by atoms with Gasteiger partial charge in [0, 0.05) is 18.1 Å². The number of rotatable bonds is 2. The quantitative estimate of drug-likeness (QED) is 0.851. The van der Waals surface area contributed by atoms with Crippen LogP contribution in [0, 0.1) is 0 Å². The van der Waals surface area contributed by atoms with Crippen LogP contribution in [0.15, 0.2) is 24.3 Å². The third-order valence-corrected chi connectivity index (χ3v) is 3.69. The van der Waals surface area contributed by atoms with Crippen LogP contribution >= 0.6 is 11.6 Å². The summed E-state index contributed by atoms with van der Waals surface area (Å²) in [6.45, 7) is 2.74. The van der Waals surface area contributed by atoms with Gasteiger partial charge in [0.1, 0.15) is 0 Å². The van der Waals surface area contributed by atoms with Gasteiger partial charge in [-0.1, -0.05) is 29.8 Å². The first-order chi connectivity index (χ1) is 7.70. The average Bonchev–Trinajstić information content (AvgIpc) is 2.31. The first kappa shape index (κ1) is 11.9. The van der Waals surface area contributed by atoms with Crippen LogP contribution in [0.3, 0.4) is 0 Å². The van der Waals surface area contributed by atoms with Crippen molar-refractivity contribution in [3.63, 3.8) is 0 Å². The molecule has 1 aliphatic heterocycles. The van der Waals surface area contributed by atoms with Gasteiger partial charge in [-0.15, -0.1) is 0 Å². The van der Waals surface area contributed by atoms with Gasteiger partial charge >= 0.3 is 0 Å². The van der Waals surface area contributed by atoms with Crippen LogP contribution in [-0.2, 0) is 10.3 Å². The molecule has 0 amide bonds. The number of hydrogen-bond acceptors (Lipinski definition) is 3. The fourth-order valence-electron chi connectivity index (χ4n) is 2.21. The lowest BCUT2D eigenvalue weighted by Crippen LogP contribution is -2.56. The molecule has 0 aliphatic carbocycles. The molecule has 0 saturated carbocycles. The molecule has 16 heavy (non-hydrogen) atoms. The molecule has 4 heteroatoms. The van der Waals surface area contributed by atoms with Crippen LogP contribution in [-0.4, -0.2) is 38.3 Å². The molecule has 1 unspecified atom stereocenters. The fraction of sp³-hybridized carbons (Fsp3) is 0.500. The molecule has 0 aromatic heterocycles. The molecule has 2 rings (SSSR count). The molecule has 3 nitrogen and oxygen atoms in total. The summed E-state index contributed by atoms with van der Waals surface area (Å²) in [7, 11) is 2.07. The maximum absolute atomic E-state index is 6.25. The molecule has 1 aromatic rings. The van der Waals surface area contributed by atoms with Crippen molar-refractivity contribution in [3.05, 3.63) is 34.9 Å². The highest BCUT2D eigenvalue weighted by atomic mass is 35.5. The summed E-state index contributed by atoms with van der Waals surface area (Å²) in [6.07, 6.45) is 0. The van der Waals surface area contributed by atoms with Gasteiger partial charge in [0.05, 0.1) is 18.8 Å². The molecular formula is C12H17ClN2O. The minimum absolute atomic E-state index is 0.281. The number of morpholine rings is 1. The molecule has 88 valence electrons. The Morgan fingerprint density at radius 2 is 2.25 bits per heavy atom. The number of benzene rings is 1. The molecule has 1 aliphatic rings. The van der Waals surface area contributed by atoms with Crippen molar-refractivity contribution in [2.45, 2.75) is 5.54 Å². The molecule has 1 fully saturated rings. The second-order valence-electron chi connectivity index (χ2n) is 4.19. The lowest BCUT2D eigenvalue weighted by Gasteiger charge is -2.45. The normalized spacial score (nSPS) is 26.9. The Balaban J connectivity index is 2.44. The van der Waals surface area contributed by atoms with Crippen LogP contribution in [0.4, 0.5) is 0 Å². The van der Waals surface area contributed by atoms with E-state index in [-0.39, 0.29) is 5.54 Å². The highest BCUT2D eigenvalue weighted by Gasteiger charge is 2.39. The van der Waals surface area contributed by atoms with E-state index in [1.54, 1.807) is 0 Å². The zero-order valence-electron chi connectivity index (χ0n) is 9.45. The third-order valence-electron chi connectivity index (χ3n) is 3.36. The van der Waals surface area contributed by atoms with Crippen LogP contribution in [0.2, 0.25) is 5.02 Å². The first-order valence-electron chi connectivity index (χ1n) is 5.45. The number of nitrogens with two attached hydrogens (primary N) is 1. The highest BCUT2D eigenvalue weighted by Crippen LogP contribution is 2.34. The van der Waals surface area contributed by atoms with Gasteiger partial charge < -0.3 is 10.5 Å². The molecule has 1 saturated heterocycles. The van der Waals surface area contributed by atoms with E-state index in [1.807, 2.05) is 24.3 Å². The zero-order valence-corrected chi connectivity index (χ0v) is 10.2. The summed E-state index contributed by atoms with van der Waals surface area (Å²) in [6, 6.07) is 7.85. The molecule has 1 heterocycles. The second-order valence-corrected chi connectivity index (χ2v) is 4.60. The Hall–Kier alpha value is -0.610. The topological polar surface area (TPSA) is 38.5 Å². The molecule has 1 aromatic carbocycles. The van der Waals surface area contributed by atoms with Crippen LogP contribution in [0.1, 0.15) is 5.56 Å². The second kappa shape index (κ2) is 4.72. The van der Waals surface area contributed by atoms with Gasteiger partial charge in [-0.25, -0.2) is 0 Å². The van der Waals surface area contributed by atoms with E-state index < -0.39 is 0 Å². The minimum Gasteiger partial charge on any atom is -0.378 e. The van der Waals surface area contributed by atoms with Crippen molar-refractivity contribution < 1.29 is 4.74 Å². The Labute approximate surface area is 101 Å². The summed E-state index contributed by atoms with van der Waals surface area (Å²) in [5.74, 6) is 0. The number of nitrogens with zero attached hydrogens (tertiary/aromatic N) is 1. The number of hydrogen-bond donors (Lipinski definition) is 1. The lowest BCUT2D eigenvalue weighted by atomic mass is 9.88. The average molecular weight is 241 g/mol. The van der Waals surface area contributed by atoms with E-state index in [1.165, 1.54) is 0 Å². The van der Waals surface area contributed by atoms with Crippen molar-refractivity contribution in [2.75, 3.05) is 33.4 Å². The Kier molecular flexibility index (Phi) is 3.50. The number of likely N-dealkylation sites (N-methyl/N-ethyl adjacent to an activating group) is 1. The van der Waals surface area contributed by atoms with Gasteiger partial charge in [-0.3, -0.25) is 4.90 Å². The van der Waals surface area contributed by atoms with Crippen LogP contribution in [0.25, 0.3) is 0 Å². The van der Waals surface area contributed by atoms with Crippen molar-refractivity contribution in [2.24, 2.45) is 5.73 Å². The van der Waals surface area contributed by atoms with E-state index in [0.717, 1.165) is 23.7 Å². The SMILES string of the molecule is CN1CCOCC1(CN)c1ccccc1Cl. The lowest BCUT2D eigenvalue weighted by molar-refractivity contribution is -0.0548. The van der Waals surface area contributed by atoms with Crippen molar-refractivity contribution in [1.29, 1.82) is 0 Å². The number of halogens is 1. The maximum atomic E-state index is 6.25. The number of ether oxygens (including phenoxy) is 1. The molecule has 0 spiro atoms. The van der Waals surface area contributed by atoms with E-state index >= 15 is 0 Å². The van der Waals surface area contributed by atoms with Crippen molar-refractivity contribution in [3.8, 4) is 0 Å². The summed E-state index contributed by atoms with van der Waals surface area (Å²) in [5.41, 5.74) is 6.72. The zero-order chi connectivity index (χ0) is 11.6. The van der Waals surface area contributed by atoms with Crippen molar-refractivity contribution >= 4 is 11.6 Å². The van der Waals surface area contributed by atoms with Crippen molar-refractivity contribution in [1.82, 2.24) is 4.90 Å². The molecular weight excluding hydrogens is 224 g/mol. The van der Waals surface area contributed by atoms with Gasteiger partial charge in [0.25, 0.3) is 0 Å². The van der Waals surface area contributed by atoms with E-state index in [9.17, 15) is 0 Å². The summed E-state index contributed by atoms with van der Waals surface area (Å²) < 4.78 is 5.58. The van der Waals surface area contributed by atoms with E-state index in [0.29, 0.717) is 13.2 Å². The van der Waals surface area contributed by atoms with Gasteiger partial charge in [-0.2, -0.15) is 0 Å². The molecule has 1 atom stereocenters. The molecule has 0 radical (unpaired) electrons. The summed E-state index contributed by atoms with van der Waals surface area (Å²) >= 11 is 6.25. The molecule has 0 bridgehead atoms. The predicted molar refractivity (Wildman–Crippen MR) is 65.6 cm³/mol. The summed E-state index contributed by atoms with van der Waals surface area (Å²) in [5, 5.41) is 0.755. The van der Waals surface area contributed by atoms with Gasteiger partial charge in [0.2, 0.25) is 0 Å². The first-order valence-corrected chi connectivity index (χ1v) is 5.82. The Morgan fingerprint density at radius 3 is 2.88 bits per heavy atom. The third kappa shape index (κ3) is 1.84. The predicted octanol–water partition coefficient (Wildman–Crippen LogP) is 1.46. The standard InChI is InChI=1S/C12H17ClN2O/c1-15-6-7-16-9-12(15,8-14)10-4-2-3-5-11(10)13/h2-5H,6-9,14H2,1H3. The van der Waals surface area contributed by atoms with E-state index in [4.69, 9.17) is 22.1 Å². The fourth-order valence-corrected chi connectivity index (χ4v) is 2.53. The molecule has 2 N–H and O–H groups in total. The van der Waals surface area contributed by atoms with Gasteiger partial charge in [0.15, 0.2) is 0 Å². The smallest absolute Gasteiger partial charge is 0.0833 e. The largest absolute Gasteiger partial charge is 0.378 e. The van der Waals surface area contributed by atoms with Crippen LogP contribution < -0.4 is 5.73 Å². The monoisotopic (exact) mass is 240 g/mol.